The molecule has 0 amide bonds. The van der Waals surface area contributed by atoms with Gasteiger partial charge in [0.2, 0.25) is 0 Å². The number of aromatic carboxylic acids is 1. The molecular weight excluding hydrogens is 382 g/mol. The van der Waals surface area contributed by atoms with Gasteiger partial charge in [-0.2, -0.15) is 0 Å². The van der Waals surface area contributed by atoms with E-state index in [9.17, 15) is 14.9 Å². The minimum Gasteiger partial charge on any atom is -0.484 e. The van der Waals surface area contributed by atoms with E-state index >= 15 is 0 Å². The van der Waals surface area contributed by atoms with Gasteiger partial charge in [0.25, 0.3) is 0 Å². The second-order valence-corrected chi connectivity index (χ2v) is 7.66. The summed E-state index contributed by atoms with van der Waals surface area (Å²) >= 11 is 0. The molecule has 30 heavy (non-hydrogen) atoms. The van der Waals surface area contributed by atoms with E-state index in [4.69, 9.17) is 9.84 Å². The smallest absolute Gasteiger partial charge is 0.335 e. The number of unbranched alkanes of at least 4 members (excludes halogenated alkanes) is 6. The number of nitrogens with zero attached hydrogens (tertiary/aromatic N) is 1. The number of rotatable bonds is 13. The molecule has 6 nitrogen and oxygen atoms in total. The summed E-state index contributed by atoms with van der Waals surface area (Å²) in [5.41, 5.74) is 1.45. The fourth-order valence-corrected chi connectivity index (χ4v) is 3.41. The Bertz CT molecular complexity index is 832. The third-order valence-corrected chi connectivity index (χ3v) is 5.16. The summed E-state index contributed by atoms with van der Waals surface area (Å²) in [6, 6.07) is 11.1. The number of carbonyl (C=O) groups is 1. The average Bonchev–Trinajstić information content (AvgIpc) is 2.73. The van der Waals surface area contributed by atoms with Gasteiger partial charge in [-0.05, 0) is 49.1 Å². The van der Waals surface area contributed by atoms with Gasteiger partial charge in [-0.15, -0.1) is 0 Å². The molecule has 0 radical (unpaired) electrons. The molecule has 1 unspecified atom stereocenters. The predicted molar refractivity (Wildman–Crippen MR) is 118 cm³/mol. The van der Waals surface area contributed by atoms with Crippen LogP contribution in [0.1, 0.15) is 75.6 Å². The second-order valence-electron chi connectivity index (χ2n) is 7.66. The lowest BCUT2D eigenvalue weighted by Crippen LogP contribution is -2.12. The fraction of sp³-hybridized carbons (Fsp3) is 0.458. The van der Waals surface area contributed by atoms with E-state index in [0.29, 0.717) is 11.1 Å². The number of nitro benzene ring substituents is 1. The molecule has 1 N–H and O–H groups in total. The summed E-state index contributed by atoms with van der Waals surface area (Å²) in [5, 5.41) is 20.6. The third-order valence-electron chi connectivity index (χ3n) is 5.16. The van der Waals surface area contributed by atoms with Crippen LogP contribution in [0, 0.1) is 10.1 Å². The summed E-state index contributed by atoms with van der Waals surface area (Å²) in [6.45, 7) is 4.15. The molecule has 0 bridgehead atoms. The highest BCUT2D eigenvalue weighted by molar-refractivity contribution is 5.88. The van der Waals surface area contributed by atoms with E-state index in [2.05, 4.69) is 6.92 Å². The average molecular weight is 414 g/mol. The largest absolute Gasteiger partial charge is 0.484 e. The monoisotopic (exact) mass is 413 g/mol. The maximum atomic E-state index is 11.6. The van der Waals surface area contributed by atoms with E-state index in [1.165, 1.54) is 50.3 Å². The lowest BCUT2D eigenvalue weighted by molar-refractivity contribution is -0.386. The first-order valence-electron chi connectivity index (χ1n) is 10.7. The number of hydrogen-bond acceptors (Lipinski definition) is 4. The summed E-state index contributed by atoms with van der Waals surface area (Å²) in [7, 11) is 0. The van der Waals surface area contributed by atoms with Gasteiger partial charge in [0.05, 0.1) is 16.6 Å². The number of ether oxygens (including phenoxy) is 1. The molecule has 0 aliphatic carbocycles. The molecule has 2 aromatic rings. The summed E-state index contributed by atoms with van der Waals surface area (Å²) < 4.78 is 5.87. The van der Waals surface area contributed by atoms with Crippen molar-refractivity contribution in [3.63, 3.8) is 0 Å². The molecule has 0 spiro atoms. The molecule has 0 heterocycles. The van der Waals surface area contributed by atoms with Crippen molar-refractivity contribution >= 4 is 11.7 Å². The molecule has 0 saturated heterocycles. The van der Waals surface area contributed by atoms with Crippen LogP contribution in [0.25, 0.3) is 11.1 Å². The molecule has 2 aromatic carbocycles. The zero-order chi connectivity index (χ0) is 21.9. The number of nitro groups is 1. The van der Waals surface area contributed by atoms with Crippen molar-refractivity contribution in [1.82, 2.24) is 0 Å². The summed E-state index contributed by atoms with van der Waals surface area (Å²) in [4.78, 5) is 22.1. The minimum atomic E-state index is -1.01. The van der Waals surface area contributed by atoms with Crippen LogP contribution in [0.5, 0.6) is 5.75 Å². The number of carboxylic acids is 1. The highest BCUT2D eigenvalue weighted by Gasteiger charge is 2.19. The molecule has 162 valence electrons. The molecule has 0 saturated carbocycles. The van der Waals surface area contributed by atoms with E-state index in [-0.39, 0.29) is 23.1 Å². The highest BCUT2D eigenvalue weighted by atomic mass is 16.6. The van der Waals surface area contributed by atoms with Crippen molar-refractivity contribution in [2.24, 2.45) is 0 Å². The Morgan fingerprint density at radius 2 is 1.60 bits per heavy atom. The lowest BCUT2D eigenvalue weighted by atomic mass is 10.0. The normalized spacial score (nSPS) is 11.8. The maximum absolute atomic E-state index is 11.6. The van der Waals surface area contributed by atoms with Crippen LogP contribution < -0.4 is 4.74 Å². The molecular formula is C24H31NO5. The molecule has 2 rings (SSSR count). The van der Waals surface area contributed by atoms with Crippen LogP contribution in [0.4, 0.5) is 5.69 Å². The van der Waals surface area contributed by atoms with E-state index in [0.717, 1.165) is 19.3 Å². The van der Waals surface area contributed by atoms with Gasteiger partial charge < -0.3 is 9.84 Å². The van der Waals surface area contributed by atoms with Crippen molar-refractivity contribution in [3.05, 3.63) is 58.1 Å². The quantitative estimate of drug-likeness (QED) is 0.220. The van der Waals surface area contributed by atoms with Crippen LogP contribution >= 0.6 is 0 Å². The van der Waals surface area contributed by atoms with Crippen LogP contribution in [0.15, 0.2) is 42.5 Å². The highest BCUT2D eigenvalue weighted by Crippen LogP contribution is 2.33. The molecule has 1 atom stereocenters. The lowest BCUT2D eigenvalue weighted by Gasteiger charge is -2.15. The predicted octanol–water partition coefficient (Wildman–Crippen LogP) is 6.87. The van der Waals surface area contributed by atoms with Crippen LogP contribution in [0.3, 0.4) is 0 Å². The first-order valence-corrected chi connectivity index (χ1v) is 10.7. The standard InChI is InChI=1S/C24H31NO5/c1-3-4-5-6-7-8-9-10-18(2)30-23-16-15-21(17-22(23)25(28)29)19-11-13-20(14-12-19)24(26)27/h11-18H,3-10H2,1-2H3,(H,26,27). The Morgan fingerprint density at radius 1 is 1.00 bits per heavy atom. The van der Waals surface area contributed by atoms with Crippen molar-refractivity contribution in [1.29, 1.82) is 0 Å². The van der Waals surface area contributed by atoms with Crippen molar-refractivity contribution in [2.45, 2.75) is 71.3 Å². The molecule has 0 aliphatic rings. The van der Waals surface area contributed by atoms with E-state index < -0.39 is 10.9 Å². The molecule has 0 aromatic heterocycles. The van der Waals surface area contributed by atoms with Crippen LogP contribution in [-0.4, -0.2) is 22.1 Å². The summed E-state index contributed by atoms with van der Waals surface area (Å²) in [5.74, 6) is -0.743. The second kappa shape index (κ2) is 12.0. The van der Waals surface area contributed by atoms with Gasteiger partial charge in [-0.25, -0.2) is 4.79 Å². The number of carboxylic acid groups (broad SMARTS) is 1. The third kappa shape index (κ3) is 7.17. The zero-order valence-electron chi connectivity index (χ0n) is 17.8. The SMILES string of the molecule is CCCCCCCCCC(C)Oc1ccc(-c2ccc(C(=O)O)cc2)cc1[N+](=O)[O-]. The maximum Gasteiger partial charge on any atom is 0.335 e. The first-order chi connectivity index (χ1) is 14.4. The summed E-state index contributed by atoms with van der Waals surface area (Å²) in [6.07, 6.45) is 9.30. The van der Waals surface area contributed by atoms with Crippen LogP contribution in [0.2, 0.25) is 0 Å². The van der Waals surface area contributed by atoms with Crippen molar-refractivity contribution < 1.29 is 19.6 Å². The fourth-order valence-electron chi connectivity index (χ4n) is 3.41. The van der Waals surface area contributed by atoms with Crippen LogP contribution in [-0.2, 0) is 0 Å². The van der Waals surface area contributed by atoms with Crippen molar-refractivity contribution in [2.75, 3.05) is 0 Å². The Hall–Kier alpha value is -2.89. The Morgan fingerprint density at radius 3 is 2.20 bits per heavy atom. The van der Waals surface area contributed by atoms with Crippen molar-refractivity contribution in [3.8, 4) is 16.9 Å². The van der Waals surface area contributed by atoms with E-state index in [1.54, 1.807) is 24.3 Å². The minimum absolute atomic E-state index is 0.0822. The Balaban J connectivity index is 1.98. The number of benzene rings is 2. The number of hydrogen-bond donors (Lipinski definition) is 1. The molecule has 0 aliphatic heterocycles. The first kappa shape index (κ1) is 23.4. The van der Waals surface area contributed by atoms with Gasteiger partial charge in [-0.3, -0.25) is 10.1 Å². The van der Waals surface area contributed by atoms with Gasteiger partial charge in [0.15, 0.2) is 5.75 Å². The van der Waals surface area contributed by atoms with Gasteiger partial charge in [0.1, 0.15) is 0 Å². The van der Waals surface area contributed by atoms with Gasteiger partial charge in [-0.1, -0.05) is 63.6 Å². The van der Waals surface area contributed by atoms with Gasteiger partial charge in [0, 0.05) is 6.07 Å². The molecule has 0 fully saturated rings. The topological polar surface area (TPSA) is 89.7 Å². The van der Waals surface area contributed by atoms with Gasteiger partial charge >= 0.3 is 11.7 Å². The Labute approximate surface area is 178 Å². The molecule has 6 heteroatoms. The van der Waals surface area contributed by atoms with E-state index in [1.807, 2.05) is 6.92 Å². The Kier molecular flexibility index (Phi) is 9.32. The zero-order valence-corrected chi connectivity index (χ0v) is 17.8.